The average molecular weight is 152 g/mol. The highest BCUT2D eigenvalue weighted by molar-refractivity contribution is 5.41. The molecule has 2 heteroatoms. The van der Waals surface area contributed by atoms with Gasteiger partial charge in [0.1, 0.15) is 0 Å². The summed E-state index contributed by atoms with van der Waals surface area (Å²) in [6.45, 7) is 0. The van der Waals surface area contributed by atoms with Crippen LogP contribution in [0.25, 0.3) is 0 Å². The molecule has 0 aliphatic heterocycles. The first-order valence-electron chi connectivity index (χ1n) is 3.66. The van der Waals surface area contributed by atoms with E-state index in [1.165, 1.54) is 0 Å². The molecule has 0 fully saturated rings. The van der Waals surface area contributed by atoms with Crippen LogP contribution in [0, 0.1) is 0 Å². The number of rotatable bonds is 1. The largest absolute Gasteiger partial charge is 0.388 e. The van der Waals surface area contributed by atoms with E-state index in [0.717, 1.165) is 5.69 Å². The van der Waals surface area contributed by atoms with Crippen LogP contribution in [0.3, 0.4) is 0 Å². The van der Waals surface area contributed by atoms with Crippen molar-refractivity contribution in [3.63, 3.8) is 0 Å². The maximum atomic E-state index is 3.03. The van der Waals surface area contributed by atoms with E-state index in [0.29, 0.717) is 0 Å². The Bertz CT molecular complexity index is 160. The van der Waals surface area contributed by atoms with Gasteiger partial charge in [-0.3, -0.25) is 0 Å². The van der Waals surface area contributed by atoms with Crippen LogP contribution in [0.1, 0.15) is 0 Å². The second-order valence-corrected chi connectivity index (χ2v) is 2.12. The molecule has 0 unspecified atom stereocenters. The van der Waals surface area contributed by atoms with Crippen LogP contribution in [-0.2, 0) is 0 Å². The fourth-order valence-electron chi connectivity index (χ4n) is 0.605. The number of hydrogen-bond donors (Lipinski definition) is 2. The molecular formula is C9H16N2. The Balaban J connectivity index is 0.000000292. The van der Waals surface area contributed by atoms with E-state index in [9.17, 15) is 0 Å². The smallest absolute Gasteiger partial charge is 0.0337 e. The molecule has 0 amide bonds. The summed E-state index contributed by atoms with van der Waals surface area (Å²) in [6.07, 6.45) is 0. The highest BCUT2D eigenvalue weighted by atomic mass is 14.8. The molecule has 0 aliphatic rings. The monoisotopic (exact) mass is 152 g/mol. The molecule has 62 valence electrons. The fraction of sp³-hybridized carbons (Fsp3) is 0.333. The highest BCUT2D eigenvalue weighted by Gasteiger charge is 1.77. The van der Waals surface area contributed by atoms with Crippen molar-refractivity contribution in [1.29, 1.82) is 0 Å². The molecule has 0 radical (unpaired) electrons. The van der Waals surface area contributed by atoms with Crippen molar-refractivity contribution in [2.75, 3.05) is 26.5 Å². The van der Waals surface area contributed by atoms with Crippen LogP contribution in [0.4, 0.5) is 5.69 Å². The van der Waals surface area contributed by atoms with Gasteiger partial charge in [-0.2, -0.15) is 0 Å². The van der Waals surface area contributed by atoms with Crippen molar-refractivity contribution in [3.8, 4) is 0 Å². The van der Waals surface area contributed by atoms with E-state index in [1.54, 1.807) is 0 Å². The molecule has 0 bridgehead atoms. The van der Waals surface area contributed by atoms with Crippen LogP contribution < -0.4 is 10.6 Å². The predicted octanol–water partition coefficient (Wildman–Crippen LogP) is 1.56. The lowest BCUT2D eigenvalue weighted by atomic mass is 10.3. The van der Waals surface area contributed by atoms with Gasteiger partial charge in [0.2, 0.25) is 0 Å². The summed E-state index contributed by atoms with van der Waals surface area (Å²) in [4.78, 5) is 0. The highest BCUT2D eigenvalue weighted by Crippen LogP contribution is 2.01. The zero-order valence-corrected chi connectivity index (χ0v) is 7.39. The first kappa shape index (κ1) is 9.98. The quantitative estimate of drug-likeness (QED) is 0.638. The molecule has 0 saturated heterocycles. The van der Waals surface area contributed by atoms with Crippen molar-refractivity contribution in [3.05, 3.63) is 30.3 Å². The van der Waals surface area contributed by atoms with Gasteiger partial charge in [-0.25, -0.2) is 0 Å². The van der Waals surface area contributed by atoms with Crippen LogP contribution in [0.15, 0.2) is 30.3 Å². The predicted molar refractivity (Wildman–Crippen MR) is 51.0 cm³/mol. The molecule has 0 aliphatic carbocycles. The van der Waals surface area contributed by atoms with Crippen molar-refractivity contribution in [2.45, 2.75) is 0 Å². The molecule has 11 heavy (non-hydrogen) atoms. The second kappa shape index (κ2) is 7.09. The number of para-hydroxylation sites is 1. The van der Waals surface area contributed by atoms with Gasteiger partial charge in [0.15, 0.2) is 0 Å². The lowest BCUT2D eigenvalue weighted by Gasteiger charge is -1.94. The molecule has 0 spiro atoms. The molecule has 0 aromatic heterocycles. The van der Waals surface area contributed by atoms with Crippen LogP contribution in [-0.4, -0.2) is 21.1 Å². The molecule has 0 heterocycles. The summed E-state index contributed by atoms with van der Waals surface area (Å²) in [5.41, 5.74) is 1.16. The maximum Gasteiger partial charge on any atom is 0.0337 e. The zero-order chi connectivity index (χ0) is 8.53. The van der Waals surface area contributed by atoms with Gasteiger partial charge in [0.25, 0.3) is 0 Å². The van der Waals surface area contributed by atoms with Gasteiger partial charge in [0, 0.05) is 12.7 Å². The van der Waals surface area contributed by atoms with Gasteiger partial charge in [0.05, 0.1) is 0 Å². The van der Waals surface area contributed by atoms with Crippen molar-refractivity contribution in [1.82, 2.24) is 5.32 Å². The Hall–Kier alpha value is -1.02. The summed E-state index contributed by atoms with van der Waals surface area (Å²) in [6, 6.07) is 10.1. The van der Waals surface area contributed by atoms with Crippen LogP contribution in [0.5, 0.6) is 0 Å². The molecule has 2 nitrogen and oxygen atoms in total. The van der Waals surface area contributed by atoms with Gasteiger partial charge >= 0.3 is 0 Å². The minimum absolute atomic E-state index is 1.16. The van der Waals surface area contributed by atoms with Crippen LogP contribution in [0.2, 0.25) is 0 Å². The third-order valence-corrected chi connectivity index (χ3v) is 1.06. The molecule has 0 saturated carbocycles. The number of anilines is 1. The number of nitrogens with one attached hydrogen (secondary N) is 2. The third-order valence-electron chi connectivity index (χ3n) is 1.06. The van der Waals surface area contributed by atoms with Gasteiger partial charge in [-0.1, -0.05) is 18.2 Å². The Morgan fingerprint density at radius 2 is 1.36 bits per heavy atom. The van der Waals surface area contributed by atoms with E-state index >= 15 is 0 Å². The van der Waals surface area contributed by atoms with Gasteiger partial charge in [-0.05, 0) is 26.2 Å². The SMILES string of the molecule is CNC.CNc1ccccc1. The van der Waals surface area contributed by atoms with Gasteiger partial charge < -0.3 is 10.6 Å². The minimum Gasteiger partial charge on any atom is -0.388 e. The lowest BCUT2D eigenvalue weighted by Crippen LogP contribution is -1.89. The zero-order valence-electron chi connectivity index (χ0n) is 7.39. The summed E-state index contributed by atoms with van der Waals surface area (Å²) >= 11 is 0. The van der Waals surface area contributed by atoms with Crippen molar-refractivity contribution in [2.24, 2.45) is 0 Å². The van der Waals surface area contributed by atoms with Crippen molar-refractivity contribution >= 4 is 5.69 Å². The molecule has 2 N–H and O–H groups in total. The van der Waals surface area contributed by atoms with Gasteiger partial charge in [-0.15, -0.1) is 0 Å². The van der Waals surface area contributed by atoms with E-state index < -0.39 is 0 Å². The third kappa shape index (κ3) is 5.43. The Labute approximate surface area is 68.6 Å². The summed E-state index contributed by atoms with van der Waals surface area (Å²) in [5, 5.41) is 5.78. The summed E-state index contributed by atoms with van der Waals surface area (Å²) in [5.74, 6) is 0. The first-order chi connectivity index (χ1) is 5.35. The lowest BCUT2D eigenvalue weighted by molar-refractivity contribution is 1.02. The molecule has 1 aromatic carbocycles. The maximum absolute atomic E-state index is 3.03. The molecule has 0 atom stereocenters. The number of benzene rings is 1. The molecule has 1 rings (SSSR count). The Kier molecular flexibility index (Phi) is 6.43. The molecular weight excluding hydrogens is 136 g/mol. The topological polar surface area (TPSA) is 24.1 Å². The van der Waals surface area contributed by atoms with Crippen molar-refractivity contribution < 1.29 is 0 Å². The normalized spacial score (nSPS) is 7.91. The Morgan fingerprint density at radius 3 is 1.64 bits per heavy atom. The summed E-state index contributed by atoms with van der Waals surface area (Å²) < 4.78 is 0. The van der Waals surface area contributed by atoms with E-state index in [-0.39, 0.29) is 0 Å². The van der Waals surface area contributed by atoms with E-state index in [1.807, 2.05) is 51.5 Å². The second-order valence-electron chi connectivity index (χ2n) is 2.12. The molecule has 1 aromatic rings. The van der Waals surface area contributed by atoms with E-state index in [4.69, 9.17) is 0 Å². The number of hydrogen-bond acceptors (Lipinski definition) is 2. The standard InChI is InChI=1S/C7H9N.C2H7N/c1-8-7-5-3-2-4-6-7;1-3-2/h2-6,8H,1H3;3H,1-2H3. The minimum atomic E-state index is 1.16. The Morgan fingerprint density at radius 1 is 0.909 bits per heavy atom. The average Bonchev–Trinajstić information content (AvgIpc) is 2.08. The first-order valence-corrected chi connectivity index (χ1v) is 3.66. The van der Waals surface area contributed by atoms with Crippen LogP contribution >= 0.6 is 0 Å². The van der Waals surface area contributed by atoms with E-state index in [2.05, 4.69) is 10.6 Å². The fourth-order valence-corrected chi connectivity index (χ4v) is 0.605. The summed E-state index contributed by atoms with van der Waals surface area (Å²) in [7, 11) is 5.66.